The number of ether oxygens (including phenoxy) is 1. The summed E-state index contributed by atoms with van der Waals surface area (Å²) in [6, 6.07) is 4.95. The van der Waals surface area contributed by atoms with Gasteiger partial charge in [0.1, 0.15) is 10.6 Å². The van der Waals surface area contributed by atoms with Crippen molar-refractivity contribution in [1.82, 2.24) is 0 Å². The number of primary sulfonamides is 1. The SMILES string of the molecule is Cc1ccc(OCC(C)C)c(S(N)(=O)=O)c1. The molecular formula is C11H17NO3S. The summed E-state index contributed by atoms with van der Waals surface area (Å²) in [5, 5.41) is 5.13. The van der Waals surface area contributed by atoms with E-state index in [-0.39, 0.29) is 4.90 Å². The third-order valence-electron chi connectivity index (χ3n) is 1.98. The van der Waals surface area contributed by atoms with Crippen molar-refractivity contribution in [1.29, 1.82) is 0 Å². The second-order valence-corrected chi connectivity index (χ2v) is 5.73. The van der Waals surface area contributed by atoms with Crippen LogP contribution in [-0.2, 0) is 10.0 Å². The fraction of sp³-hybridized carbons (Fsp3) is 0.455. The molecular weight excluding hydrogens is 226 g/mol. The van der Waals surface area contributed by atoms with E-state index >= 15 is 0 Å². The summed E-state index contributed by atoms with van der Waals surface area (Å²) >= 11 is 0. The van der Waals surface area contributed by atoms with Crippen LogP contribution in [0.4, 0.5) is 0 Å². The third kappa shape index (κ3) is 3.50. The number of nitrogens with two attached hydrogens (primary N) is 1. The first kappa shape index (κ1) is 13.0. The van der Waals surface area contributed by atoms with Gasteiger partial charge in [-0.25, -0.2) is 13.6 Å². The van der Waals surface area contributed by atoms with Gasteiger partial charge < -0.3 is 4.74 Å². The zero-order chi connectivity index (χ0) is 12.3. The van der Waals surface area contributed by atoms with E-state index in [1.54, 1.807) is 19.1 Å². The molecule has 90 valence electrons. The lowest BCUT2D eigenvalue weighted by atomic mass is 10.2. The molecule has 5 heteroatoms. The number of benzene rings is 1. The zero-order valence-electron chi connectivity index (χ0n) is 9.73. The highest BCUT2D eigenvalue weighted by atomic mass is 32.2. The number of rotatable bonds is 4. The average molecular weight is 243 g/mol. The van der Waals surface area contributed by atoms with Crippen LogP contribution >= 0.6 is 0 Å². The molecule has 1 rings (SSSR count). The maximum atomic E-state index is 11.3. The standard InChI is InChI=1S/C11H17NO3S/c1-8(2)7-15-10-5-4-9(3)6-11(10)16(12,13)14/h4-6,8H,7H2,1-3H3,(H2,12,13,14). The molecule has 1 aromatic rings. The summed E-state index contributed by atoms with van der Waals surface area (Å²) in [5.41, 5.74) is 0.834. The Morgan fingerprint density at radius 1 is 1.38 bits per heavy atom. The third-order valence-corrected chi connectivity index (χ3v) is 2.91. The van der Waals surface area contributed by atoms with Gasteiger partial charge in [-0.3, -0.25) is 0 Å². The quantitative estimate of drug-likeness (QED) is 0.874. The molecule has 1 aromatic carbocycles. The molecule has 0 spiro atoms. The number of hydrogen-bond donors (Lipinski definition) is 1. The molecule has 0 bridgehead atoms. The Labute approximate surface area is 96.5 Å². The van der Waals surface area contributed by atoms with Gasteiger partial charge in [-0.05, 0) is 30.5 Å². The molecule has 2 N–H and O–H groups in total. The van der Waals surface area contributed by atoms with E-state index in [0.29, 0.717) is 18.3 Å². The Hall–Kier alpha value is -1.07. The second-order valence-electron chi connectivity index (χ2n) is 4.20. The van der Waals surface area contributed by atoms with E-state index in [0.717, 1.165) is 5.56 Å². The summed E-state index contributed by atoms with van der Waals surface area (Å²) in [6.07, 6.45) is 0. The minimum atomic E-state index is -3.73. The molecule has 0 aliphatic carbocycles. The molecule has 0 fully saturated rings. The highest BCUT2D eigenvalue weighted by Crippen LogP contribution is 2.24. The van der Waals surface area contributed by atoms with Crippen molar-refractivity contribution in [2.45, 2.75) is 25.7 Å². The molecule has 0 atom stereocenters. The van der Waals surface area contributed by atoms with Crippen molar-refractivity contribution in [3.63, 3.8) is 0 Å². The van der Waals surface area contributed by atoms with E-state index in [1.807, 2.05) is 13.8 Å². The molecule has 4 nitrogen and oxygen atoms in total. The Morgan fingerprint density at radius 3 is 2.50 bits per heavy atom. The Morgan fingerprint density at radius 2 is 2.00 bits per heavy atom. The number of hydrogen-bond acceptors (Lipinski definition) is 3. The fourth-order valence-electron chi connectivity index (χ4n) is 1.21. The van der Waals surface area contributed by atoms with E-state index in [9.17, 15) is 8.42 Å². The smallest absolute Gasteiger partial charge is 0.241 e. The first-order valence-electron chi connectivity index (χ1n) is 5.07. The van der Waals surface area contributed by atoms with Gasteiger partial charge in [-0.2, -0.15) is 0 Å². The summed E-state index contributed by atoms with van der Waals surface area (Å²) in [4.78, 5) is 0.0492. The summed E-state index contributed by atoms with van der Waals surface area (Å²) in [5.74, 6) is 0.649. The van der Waals surface area contributed by atoms with Crippen molar-refractivity contribution in [3.05, 3.63) is 23.8 Å². The van der Waals surface area contributed by atoms with Crippen LogP contribution in [0.5, 0.6) is 5.75 Å². The van der Waals surface area contributed by atoms with Gasteiger partial charge in [0.25, 0.3) is 0 Å². The fourth-order valence-corrected chi connectivity index (χ4v) is 1.97. The molecule has 0 aromatic heterocycles. The minimum Gasteiger partial charge on any atom is -0.492 e. The molecule has 0 aliphatic rings. The van der Waals surface area contributed by atoms with Crippen LogP contribution in [0.1, 0.15) is 19.4 Å². The predicted molar refractivity (Wildman–Crippen MR) is 62.9 cm³/mol. The monoisotopic (exact) mass is 243 g/mol. The Kier molecular flexibility index (Phi) is 3.93. The van der Waals surface area contributed by atoms with Gasteiger partial charge in [-0.1, -0.05) is 19.9 Å². The molecule has 0 unspecified atom stereocenters. The zero-order valence-corrected chi connectivity index (χ0v) is 10.5. The van der Waals surface area contributed by atoms with Gasteiger partial charge in [-0.15, -0.1) is 0 Å². The highest BCUT2D eigenvalue weighted by molar-refractivity contribution is 7.89. The van der Waals surface area contributed by atoms with Crippen molar-refractivity contribution >= 4 is 10.0 Å². The lowest BCUT2D eigenvalue weighted by Crippen LogP contribution is -2.15. The van der Waals surface area contributed by atoms with Crippen LogP contribution < -0.4 is 9.88 Å². The largest absolute Gasteiger partial charge is 0.492 e. The van der Waals surface area contributed by atoms with Crippen LogP contribution in [0.2, 0.25) is 0 Å². The summed E-state index contributed by atoms with van der Waals surface area (Å²) in [7, 11) is -3.73. The molecule has 0 saturated heterocycles. The van der Waals surface area contributed by atoms with Crippen molar-refractivity contribution in [2.24, 2.45) is 11.1 Å². The molecule has 0 saturated carbocycles. The van der Waals surface area contributed by atoms with Crippen molar-refractivity contribution in [2.75, 3.05) is 6.61 Å². The van der Waals surface area contributed by atoms with E-state index in [4.69, 9.17) is 9.88 Å². The van der Waals surface area contributed by atoms with Gasteiger partial charge in [0.15, 0.2) is 0 Å². The van der Waals surface area contributed by atoms with E-state index < -0.39 is 10.0 Å². The summed E-state index contributed by atoms with van der Waals surface area (Å²) in [6.45, 7) is 6.25. The Balaban J connectivity index is 3.09. The molecule has 0 radical (unpaired) electrons. The molecule has 0 aliphatic heterocycles. The lowest BCUT2D eigenvalue weighted by molar-refractivity contribution is 0.264. The molecule has 0 heterocycles. The first-order chi connectivity index (χ1) is 7.30. The average Bonchev–Trinajstić information content (AvgIpc) is 2.14. The van der Waals surface area contributed by atoms with Crippen LogP contribution in [0.15, 0.2) is 23.1 Å². The normalized spacial score (nSPS) is 11.8. The van der Waals surface area contributed by atoms with Crippen molar-refractivity contribution < 1.29 is 13.2 Å². The minimum absolute atomic E-state index is 0.0492. The molecule has 0 amide bonds. The lowest BCUT2D eigenvalue weighted by Gasteiger charge is -2.12. The maximum Gasteiger partial charge on any atom is 0.241 e. The summed E-state index contributed by atoms with van der Waals surface area (Å²) < 4.78 is 28.1. The van der Waals surface area contributed by atoms with Gasteiger partial charge in [0.05, 0.1) is 6.61 Å². The second kappa shape index (κ2) is 4.84. The van der Waals surface area contributed by atoms with Gasteiger partial charge >= 0.3 is 0 Å². The van der Waals surface area contributed by atoms with Crippen LogP contribution in [0, 0.1) is 12.8 Å². The topological polar surface area (TPSA) is 69.4 Å². The molecule has 16 heavy (non-hydrogen) atoms. The van der Waals surface area contributed by atoms with Crippen LogP contribution in [0.25, 0.3) is 0 Å². The number of sulfonamides is 1. The van der Waals surface area contributed by atoms with Crippen LogP contribution in [0.3, 0.4) is 0 Å². The highest BCUT2D eigenvalue weighted by Gasteiger charge is 2.15. The van der Waals surface area contributed by atoms with E-state index in [1.165, 1.54) is 6.07 Å². The van der Waals surface area contributed by atoms with E-state index in [2.05, 4.69) is 0 Å². The maximum absolute atomic E-state index is 11.3. The first-order valence-corrected chi connectivity index (χ1v) is 6.61. The van der Waals surface area contributed by atoms with Gasteiger partial charge in [0.2, 0.25) is 10.0 Å². The van der Waals surface area contributed by atoms with Crippen LogP contribution in [-0.4, -0.2) is 15.0 Å². The predicted octanol–water partition coefficient (Wildman–Crippen LogP) is 1.68. The number of aryl methyl sites for hydroxylation is 1. The van der Waals surface area contributed by atoms with Gasteiger partial charge in [0, 0.05) is 0 Å². The van der Waals surface area contributed by atoms with Crippen molar-refractivity contribution in [3.8, 4) is 5.75 Å². The Bertz CT molecular complexity index is 466.